The second kappa shape index (κ2) is 4.27. The molecule has 1 aliphatic rings. The zero-order chi connectivity index (χ0) is 10.7. The van der Waals surface area contributed by atoms with Gasteiger partial charge in [-0.2, -0.15) is 0 Å². The summed E-state index contributed by atoms with van der Waals surface area (Å²) < 4.78 is 12.8. The predicted molar refractivity (Wildman–Crippen MR) is 52.7 cm³/mol. The van der Waals surface area contributed by atoms with Crippen molar-refractivity contribution in [3.8, 4) is 0 Å². The van der Waals surface area contributed by atoms with Crippen LogP contribution in [0.1, 0.15) is 6.42 Å². The summed E-state index contributed by atoms with van der Waals surface area (Å²) in [4.78, 5) is 16.5. The van der Waals surface area contributed by atoms with Gasteiger partial charge in [-0.3, -0.25) is 4.84 Å². The van der Waals surface area contributed by atoms with Gasteiger partial charge >= 0.3 is 6.03 Å². The van der Waals surface area contributed by atoms with E-state index in [1.165, 1.54) is 23.3 Å². The minimum absolute atomic E-state index is 0.363. The second-order valence-corrected chi connectivity index (χ2v) is 3.23. The minimum atomic E-state index is -0.379. The Labute approximate surface area is 86.6 Å². The fourth-order valence-corrected chi connectivity index (χ4v) is 1.36. The van der Waals surface area contributed by atoms with E-state index in [1.54, 1.807) is 6.07 Å². The van der Waals surface area contributed by atoms with Crippen molar-refractivity contribution in [1.82, 2.24) is 5.06 Å². The van der Waals surface area contributed by atoms with E-state index in [9.17, 15) is 9.18 Å². The monoisotopic (exact) mass is 210 g/mol. The molecular formula is C10H11FN2O2. The maximum Gasteiger partial charge on any atom is 0.345 e. The highest BCUT2D eigenvalue weighted by atomic mass is 19.1. The number of benzene rings is 1. The van der Waals surface area contributed by atoms with Crippen LogP contribution in [-0.4, -0.2) is 24.2 Å². The zero-order valence-corrected chi connectivity index (χ0v) is 8.07. The molecule has 0 aromatic heterocycles. The number of halogens is 1. The summed E-state index contributed by atoms with van der Waals surface area (Å²) in [5.74, 6) is -0.379. The van der Waals surface area contributed by atoms with Crippen molar-refractivity contribution in [2.24, 2.45) is 0 Å². The smallest absolute Gasteiger partial charge is 0.306 e. The van der Waals surface area contributed by atoms with Crippen LogP contribution in [0.2, 0.25) is 0 Å². The van der Waals surface area contributed by atoms with Gasteiger partial charge < -0.3 is 5.32 Å². The van der Waals surface area contributed by atoms with Crippen molar-refractivity contribution in [3.63, 3.8) is 0 Å². The van der Waals surface area contributed by atoms with Crippen molar-refractivity contribution in [1.29, 1.82) is 0 Å². The van der Waals surface area contributed by atoms with Gasteiger partial charge in [0.25, 0.3) is 0 Å². The first-order valence-corrected chi connectivity index (χ1v) is 4.73. The molecule has 1 heterocycles. The van der Waals surface area contributed by atoms with Crippen molar-refractivity contribution in [2.75, 3.05) is 18.5 Å². The molecule has 5 heteroatoms. The highest BCUT2D eigenvalue weighted by Crippen LogP contribution is 2.12. The molecule has 1 saturated heterocycles. The lowest BCUT2D eigenvalue weighted by Gasteiger charge is -2.14. The van der Waals surface area contributed by atoms with E-state index in [2.05, 4.69) is 5.32 Å². The Bertz CT molecular complexity index is 364. The summed E-state index contributed by atoms with van der Waals surface area (Å²) in [5, 5.41) is 3.79. The molecule has 1 aliphatic heterocycles. The van der Waals surface area contributed by atoms with Crippen LogP contribution < -0.4 is 5.32 Å². The third kappa shape index (κ3) is 2.44. The number of carbonyl (C=O) groups excluding carboxylic acids is 1. The summed E-state index contributed by atoms with van der Waals surface area (Å²) in [5.41, 5.74) is 0.426. The molecule has 0 atom stereocenters. The number of rotatable bonds is 1. The van der Waals surface area contributed by atoms with Gasteiger partial charge in [-0.15, -0.1) is 0 Å². The molecule has 0 unspecified atom stereocenters. The van der Waals surface area contributed by atoms with Crippen LogP contribution in [0.4, 0.5) is 14.9 Å². The Hall–Kier alpha value is -1.62. The molecule has 0 radical (unpaired) electrons. The number of hydroxylamine groups is 2. The Balaban J connectivity index is 1.99. The van der Waals surface area contributed by atoms with Crippen LogP contribution >= 0.6 is 0 Å². The van der Waals surface area contributed by atoms with Gasteiger partial charge in [0.05, 0.1) is 13.2 Å². The Morgan fingerprint density at radius 1 is 1.53 bits per heavy atom. The Kier molecular flexibility index (Phi) is 2.82. The first kappa shape index (κ1) is 9.92. The standard InChI is InChI=1S/C10H11FN2O2/c11-8-3-1-4-9(7-8)12-10(14)13-5-2-6-15-13/h1,3-4,7H,2,5-6H2,(H,12,14). The fourth-order valence-electron chi connectivity index (χ4n) is 1.36. The first-order valence-electron chi connectivity index (χ1n) is 4.73. The highest BCUT2D eigenvalue weighted by molar-refractivity contribution is 5.88. The molecule has 15 heavy (non-hydrogen) atoms. The normalized spacial score (nSPS) is 15.4. The van der Waals surface area contributed by atoms with E-state index in [0.717, 1.165) is 6.42 Å². The maximum atomic E-state index is 12.8. The number of nitrogens with zero attached hydrogens (tertiary/aromatic N) is 1. The largest absolute Gasteiger partial charge is 0.345 e. The zero-order valence-electron chi connectivity index (χ0n) is 8.07. The quantitative estimate of drug-likeness (QED) is 0.770. The van der Waals surface area contributed by atoms with Gasteiger partial charge in [0.2, 0.25) is 0 Å². The third-order valence-corrected chi connectivity index (χ3v) is 2.06. The lowest BCUT2D eigenvalue weighted by molar-refractivity contribution is -0.0614. The van der Waals surface area contributed by atoms with Gasteiger partial charge in [0.15, 0.2) is 0 Å². The molecular weight excluding hydrogens is 199 g/mol. The van der Waals surface area contributed by atoms with Crippen LogP contribution in [0, 0.1) is 5.82 Å². The number of hydrogen-bond donors (Lipinski definition) is 1. The Morgan fingerprint density at radius 3 is 3.07 bits per heavy atom. The summed E-state index contributed by atoms with van der Waals surface area (Å²) in [7, 11) is 0. The topological polar surface area (TPSA) is 41.6 Å². The van der Waals surface area contributed by atoms with Crippen LogP contribution in [0.5, 0.6) is 0 Å². The summed E-state index contributed by atoms with van der Waals surface area (Å²) in [6, 6.07) is 5.38. The van der Waals surface area contributed by atoms with Crippen molar-refractivity contribution < 1.29 is 14.0 Å². The van der Waals surface area contributed by atoms with Crippen molar-refractivity contribution >= 4 is 11.7 Å². The predicted octanol–water partition coefficient (Wildman–Crippen LogP) is 1.99. The maximum absolute atomic E-state index is 12.8. The van der Waals surface area contributed by atoms with Gasteiger partial charge in [0, 0.05) is 5.69 Å². The van der Waals surface area contributed by atoms with Crippen LogP contribution in [-0.2, 0) is 4.84 Å². The molecule has 1 N–H and O–H groups in total. The summed E-state index contributed by atoms with van der Waals surface area (Å²) >= 11 is 0. The molecule has 1 aromatic rings. The SMILES string of the molecule is O=C(Nc1cccc(F)c1)N1CCCO1. The third-order valence-electron chi connectivity index (χ3n) is 2.06. The lowest BCUT2D eigenvalue weighted by atomic mass is 10.3. The fraction of sp³-hybridized carbons (Fsp3) is 0.300. The Morgan fingerprint density at radius 2 is 2.40 bits per heavy atom. The molecule has 0 aliphatic carbocycles. The molecule has 80 valence electrons. The van der Waals surface area contributed by atoms with Crippen molar-refractivity contribution in [3.05, 3.63) is 30.1 Å². The lowest BCUT2D eigenvalue weighted by Crippen LogP contribution is -2.31. The average molecular weight is 210 g/mol. The van der Waals surface area contributed by atoms with E-state index < -0.39 is 0 Å². The number of nitrogens with one attached hydrogen (secondary N) is 1. The average Bonchev–Trinajstić information content (AvgIpc) is 2.70. The van der Waals surface area contributed by atoms with Gasteiger partial charge in [-0.05, 0) is 24.6 Å². The summed E-state index contributed by atoms with van der Waals surface area (Å²) in [6.45, 7) is 1.12. The molecule has 0 bridgehead atoms. The van der Waals surface area contributed by atoms with Gasteiger partial charge in [-0.25, -0.2) is 14.2 Å². The van der Waals surface area contributed by atoms with Gasteiger partial charge in [0.1, 0.15) is 5.82 Å². The molecule has 2 amide bonds. The molecule has 1 aromatic carbocycles. The van der Waals surface area contributed by atoms with E-state index >= 15 is 0 Å². The number of amides is 2. The molecule has 1 fully saturated rings. The minimum Gasteiger partial charge on any atom is -0.306 e. The van der Waals surface area contributed by atoms with Crippen LogP contribution in [0.15, 0.2) is 24.3 Å². The van der Waals surface area contributed by atoms with Crippen molar-refractivity contribution in [2.45, 2.75) is 6.42 Å². The molecule has 0 spiro atoms. The molecule has 4 nitrogen and oxygen atoms in total. The van der Waals surface area contributed by atoms with E-state index in [4.69, 9.17) is 4.84 Å². The van der Waals surface area contributed by atoms with Gasteiger partial charge in [-0.1, -0.05) is 6.07 Å². The first-order chi connectivity index (χ1) is 7.25. The number of anilines is 1. The molecule has 2 rings (SSSR count). The number of hydrogen-bond acceptors (Lipinski definition) is 2. The highest BCUT2D eigenvalue weighted by Gasteiger charge is 2.19. The van der Waals surface area contributed by atoms with E-state index in [1.807, 2.05) is 0 Å². The summed E-state index contributed by atoms with van der Waals surface area (Å²) in [6.07, 6.45) is 0.830. The van der Waals surface area contributed by atoms with Crippen LogP contribution in [0.25, 0.3) is 0 Å². The number of urea groups is 1. The van der Waals surface area contributed by atoms with Crippen LogP contribution in [0.3, 0.4) is 0 Å². The molecule has 0 saturated carbocycles. The number of carbonyl (C=O) groups is 1. The van der Waals surface area contributed by atoms with E-state index in [0.29, 0.717) is 18.8 Å². The van der Waals surface area contributed by atoms with E-state index in [-0.39, 0.29) is 11.8 Å². The second-order valence-electron chi connectivity index (χ2n) is 3.23.